The lowest BCUT2D eigenvalue weighted by molar-refractivity contribution is -0.143. The molecule has 0 aliphatic carbocycles. The van der Waals surface area contributed by atoms with E-state index in [-0.39, 0.29) is 5.03 Å². The van der Waals surface area contributed by atoms with E-state index in [9.17, 15) is 13.2 Å². The number of imidazole rings is 1. The van der Waals surface area contributed by atoms with Gasteiger partial charge < -0.3 is 14.4 Å². The zero-order valence-corrected chi connectivity index (χ0v) is 11.1. The molecule has 0 aliphatic heterocycles. The number of carbonyl (C=O) groups excluding carboxylic acids is 1. The van der Waals surface area contributed by atoms with E-state index in [1.807, 2.05) is 4.72 Å². The Kier molecular flexibility index (Phi) is 4.43. The number of aryl methyl sites for hydroxylation is 2. The Labute approximate surface area is 105 Å². The highest BCUT2D eigenvalue weighted by Crippen LogP contribution is 2.08. The summed E-state index contributed by atoms with van der Waals surface area (Å²) in [5.41, 5.74) is 0. The Hall–Kier alpha value is -1.45. The minimum absolute atomic E-state index is 0.218. The van der Waals surface area contributed by atoms with Crippen LogP contribution in [-0.4, -0.2) is 48.8 Å². The molecule has 1 rings (SSSR count). The summed E-state index contributed by atoms with van der Waals surface area (Å²) < 4.78 is 31.7. The summed E-state index contributed by atoms with van der Waals surface area (Å²) in [6.07, 6.45) is 1.31. The van der Waals surface area contributed by atoms with Crippen LogP contribution in [0.25, 0.3) is 0 Å². The average Bonchev–Trinajstić information content (AvgIpc) is 2.66. The summed E-state index contributed by atoms with van der Waals surface area (Å²) in [4.78, 5) is 15.0. The van der Waals surface area contributed by atoms with Gasteiger partial charge in [-0.25, -0.2) is 13.4 Å². The van der Waals surface area contributed by atoms with Gasteiger partial charge in [-0.15, -0.1) is 0 Å². The smallest absolute Gasteiger partial charge is 0.326 e. The molecule has 0 bridgehead atoms. The molecule has 0 radical (unpaired) electrons. The number of methoxy groups -OCH3 is 1. The van der Waals surface area contributed by atoms with Crippen molar-refractivity contribution < 1.29 is 23.1 Å². The van der Waals surface area contributed by atoms with Gasteiger partial charge in [0.15, 0.2) is 5.03 Å². The minimum Gasteiger partial charge on any atom is -0.468 e. The number of hydrogen-bond acceptors (Lipinski definition) is 6. The van der Waals surface area contributed by atoms with Crippen LogP contribution in [0.1, 0.15) is 5.82 Å². The average molecular weight is 277 g/mol. The Morgan fingerprint density at radius 1 is 1.67 bits per heavy atom. The lowest BCUT2D eigenvalue weighted by Gasteiger charge is -2.12. The second-order valence-corrected chi connectivity index (χ2v) is 5.28. The lowest BCUT2D eigenvalue weighted by atomic mass is 10.3. The van der Waals surface area contributed by atoms with E-state index < -0.39 is 28.6 Å². The summed E-state index contributed by atoms with van der Waals surface area (Å²) in [7, 11) is -1.23. The molecule has 8 nitrogen and oxygen atoms in total. The topological polar surface area (TPSA) is 111 Å². The highest BCUT2D eigenvalue weighted by atomic mass is 32.2. The van der Waals surface area contributed by atoms with Crippen LogP contribution >= 0.6 is 0 Å². The Morgan fingerprint density at radius 2 is 2.28 bits per heavy atom. The maximum Gasteiger partial charge on any atom is 0.326 e. The van der Waals surface area contributed by atoms with Crippen LogP contribution in [0.4, 0.5) is 0 Å². The van der Waals surface area contributed by atoms with Crippen molar-refractivity contribution in [2.24, 2.45) is 7.05 Å². The maximum atomic E-state index is 11.9. The summed E-state index contributed by atoms with van der Waals surface area (Å²) in [5.74, 6) is -0.359. The van der Waals surface area contributed by atoms with E-state index in [0.717, 1.165) is 7.11 Å². The molecule has 1 aromatic heterocycles. The molecule has 0 fully saturated rings. The molecular weight excluding hydrogens is 262 g/mol. The number of aromatic nitrogens is 2. The first-order valence-electron chi connectivity index (χ1n) is 5.02. The molecule has 0 aromatic carbocycles. The van der Waals surface area contributed by atoms with Gasteiger partial charge in [0.2, 0.25) is 0 Å². The fourth-order valence-corrected chi connectivity index (χ4v) is 2.42. The number of nitrogens with one attached hydrogen (secondary N) is 1. The van der Waals surface area contributed by atoms with E-state index in [1.54, 1.807) is 14.0 Å². The predicted octanol–water partition coefficient (Wildman–Crippen LogP) is -1.46. The first-order chi connectivity index (χ1) is 8.31. The molecule has 1 atom stereocenters. The molecule has 9 heteroatoms. The molecule has 1 aromatic rings. The fourth-order valence-electron chi connectivity index (χ4n) is 1.21. The highest BCUT2D eigenvalue weighted by molar-refractivity contribution is 7.89. The monoisotopic (exact) mass is 277 g/mol. The largest absolute Gasteiger partial charge is 0.468 e. The summed E-state index contributed by atoms with van der Waals surface area (Å²) >= 11 is 0. The third-order valence-corrected chi connectivity index (χ3v) is 3.67. The van der Waals surface area contributed by atoms with Gasteiger partial charge >= 0.3 is 5.97 Å². The number of esters is 1. The maximum absolute atomic E-state index is 11.9. The molecule has 1 heterocycles. The normalized spacial score (nSPS) is 13.3. The van der Waals surface area contributed by atoms with Crippen LogP contribution in [0.5, 0.6) is 0 Å². The highest BCUT2D eigenvalue weighted by Gasteiger charge is 2.27. The van der Waals surface area contributed by atoms with Gasteiger partial charge in [-0.05, 0) is 6.92 Å². The SMILES string of the molecule is COC(=O)C(CO)NS(=O)(=O)c1cn(C)c(C)n1. The number of rotatable bonds is 5. The molecule has 0 spiro atoms. The van der Waals surface area contributed by atoms with Gasteiger partial charge in [-0.2, -0.15) is 4.72 Å². The lowest BCUT2D eigenvalue weighted by Crippen LogP contribution is -2.44. The first-order valence-corrected chi connectivity index (χ1v) is 6.51. The zero-order valence-electron chi connectivity index (χ0n) is 10.2. The molecule has 0 aliphatic rings. The number of aliphatic hydroxyl groups is 1. The van der Waals surface area contributed by atoms with Crippen molar-refractivity contribution in [3.63, 3.8) is 0 Å². The van der Waals surface area contributed by atoms with Crippen LogP contribution in [0.2, 0.25) is 0 Å². The van der Waals surface area contributed by atoms with Crippen molar-refractivity contribution in [1.82, 2.24) is 14.3 Å². The van der Waals surface area contributed by atoms with Gasteiger partial charge in [0.1, 0.15) is 11.9 Å². The molecule has 0 saturated carbocycles. The summed E-state index contributed by atoms with van der Waals surface area (Å²) in [6, 6.07) is -1.35. The van der Waals surface area contributed by atoms with Crippen molar-refractivity contribution in [3.8, 4) is 0 Å². The molecule has 1 unspecified atom stereocenters. The summed E-state index contributed by atoms with van der Waals surface area (Å²) in [5, 5.41) is 8.73. The molecule has 2 N–H and O–H groups in total. The standard InChI is InChI=1S/C9H15N3O5S/c1-6-10-8(4-12(6)2)18(15,16)11-7(5-13)9(14)17-3/h4,7,11,13H,5H2,1-3H3. The van der Waals surface area contributed by atoms with Crippen LogP contribution in [0.3, 0.4) is 0 Å². The zero-order chi connectivity index (χ0) is 13.9. The van der Waals surface area contributed by atoms with Crippen molar-refractivity contribution in [3.05, 3.63) is 12.0 Å². The van der Waals surface area contributed by atoms with Crippen molar-refractivity contribution >= 4 is 16.0 Å². The number of hydrogen-bond donors (Lipinski definition) is 2. The second kappa shape index (κ2) is 5.46. The van der Waals surface area contributed by atoms with E-state index >= 15 is 0 Å². The van der Waals surface area contributed by atoms with E-state index in [4.69, 9.17) is 5.11 Å². The van der Waals surface area contributed by atoms with Gasteiger partial charge in [0, 0.05) is 13.2 Å². The van der Waals surface area contributed by atoms with Crippen molar-refractivity contribution in [2.75, 3.05) is 13.7 Å². The first kappa shape index (κ1) is 14.6. The van der Waals surface area contributed by atoms with Gasteiger partial charge in [0.25, 0.3) is 10.0 Å². The molecule has 0 amide bonds. The third-order valence-electron chi connectivity index (χ3n) is 2.33. The summed E-state index contributed by atoms with van der Waals surface area (Å²) in [6.45, 7) is 0.945. The molecule has 102 valence electrons. The number of carbonyl (C=O) groups is 1. The van der Waals surface area contributed by atoms with Crippen LogP contribution in [-0.2, 0) is 26.6 Å². The quantitative estimate of drug-likeness (QED) is 0.636. The Bertz CT molecular complexity index is 517. The molecule has 18 heavy (non-hydrogen) atoms. The van der Waals surface area contributed by atoms with Crippen LogP contribution < -0.4 is 4.72 Å². The van der Waals surface area contributed by atoms with Crippen LogP contribution in [0.15, 0.2) is 11.2 Å². The van der Waals surface area contributed by atoms with E-state index in [0.29, 0.717) is 5.82 Å². The number of sulfonamides is 1. The Morgan fingerprint density at radius 3 is 2.67 bits per heavy atom. The number of ether oxygens (including phenoxy) is 1. The van der Waals surface area contributed by atoms with Gasteiger partial charge in [0.05, 0.1) is 13.7 Å². The molecule has 0 saturated heterocycles. The fraction of sp³-hybridized carbons (Fsp3) is 0.556. The number of aliphatic hydroxyl groups excluding tert-OH is 1. The van der Waals surface area contributed by atoms with E-state index in [2.05, 4.69) is 9.72 Å². The van der Waals surface area contributed by atoms with Crippen molar-refractivity contribution in [1.29, 1.82) is 0 Å². The predicted molar refractivity (Wildman–Crippen MR) is 61.2 cm³/mol. The molecular formula is C9H15N3O5S. The van der Waals surface area contributed by atoms with E-state index in [1.165, 1.54) is 10.8 Å². The second-order valence-electron chi connectivity index (χ2n) is 3.62. The third kappa shape index (κ3) is 3.06. The Balaban J connectivity index is 2.97. The van der Waals surface area contributed by atoms with Crippen molar-refractivity contribution in [2.45, 2.75) is 18.0 Å². The minimum atomic E-state index is -3.97. The van der Waals surface area contributed by atoms with Gasteiger partial charge in [-0.3, -0.25) is 4.79 Å². The number of nitrogens with zero attached hydrogens (tertiary/aromatic N) is 2. The van der Waals surface area contributed by atoms with Gasteiger partial charge in [-0.1, -0.05) is 0 Å². The van der Waals surface area contributed by atoms with Crippen LogP contribution in [0, 0.1) is 6.92 Å².